The average molecular weight is 377 g/mol. The number of piperidine rings is 1. The lowest BCUT2D eigenvalue weighted by molar-refractivity contribution is -0.142. The molecule has 2 aromatic rings. The van der Waals surface area contributed by atoms with Gasteiger partial charge in [0.1, 0.15) is 0 Å². The number of hydrogen-bond donors (Lipinski definition) is 0. The van der Waals surface area contributed by atoms with Crippen molar-refractivity contribution in [2.45, 2.75) is 32.4 Å². The Hall–Kier alpha value is -2.82. The van der Waals surface area contributed by atoms with Crippen LogP contribution in [0.1, 0.15) is 37.1 Å². The minimum atomic E-state index is 0.0196. The molecule has 2 aliphatic rings. The van der Waals surface area contributed by atoms with Crippen molar-refractivity contribution in [3.63, 3.8) is 0 Å². The van der Waals surface area contributed by atoms with E-state index in [1.807, 2.05) is 52.3 Å². The minimum Gasteiger partial charge on any atom is -0.348 e. The molecule has 5 nitrogen and oxygen atoms in total. The minimum absolute atomic E-state index is 0.0196. The molecule has 0 aliphatic carbocycles. The number of hydrogen-bond acceptors (Lipinski definition) is 2. The third-order valence-corrected chi connectivity index (χ3v) is 6.00. The van der Waals surface area contributed by atoms with E-state index in [0.717, 1.165) is 31.5 Å². The Labute approximate surface area is 166 Å². The highest BCUT2D eigenvalue weighted by atomic mass is 16.2. The van der Waals surface area contributed by atoms with Crippen LogP contribution < -0.4 is 0 Å². The van der Waals surface area contributed by atoms with Gasteiger partial charge in [-0.25, -0.2) is 0 Å². The molecule has 146 valence electrons. The van der Waals surface area contributed by atoms with Gasteiger partial charge in [0.05, 0.1) is 6.04 Å². The summed E-state index contributed by atoms with van der Waals surface area (Å²) in [6.07, 6.45) is 7.06. The molecule has 0 saturated carbocycles. The maximum atomic E-state index is 13.1. The van der Waals surface area contributed by atoms with Crippen molar-refractivity contribution >= 4 is 17.9 Å². The fourth-order valence-electron chi connectivity index (χ4n) is 4.30. The average Bonchev–Trinajstić information content (AvgIpc) is 3.22. The van der Waals surface area contributed by atoms with Crippen LogP contribution in [0.3, 0.4) is 0 Å². The number of rotatable bonds is 3. The van der Waals surface area contributed by atoms with E-state index in [1.165, 1.54) is 5.69 Å². The number of carbonyl (C=O) groups excluding carboxylic acids is 2. The van der Waals surface area contributed by atoms with Crippen molar-refractivity contribution in [3.8, 4) is 0 Å². The molecular weight excluding hydrogens is 350 g/mol. The number of aromatic nitrogens is 1. The molecule has 1 saturated heterocycles. The van der Waals surface area contributed by atoms with E-state index in [1.54, 1.807) is 6.08 Å². The molecule has 28 heavy (non-hydrogen) atoms. The van der Waals surface area contributed by atoms with Crippen LogP contribution in [0.4, 0.5) is 0 Å². The highest BCUT2D eigenvalue weighted by molar-refractivity contribution is 5.92. The highest BCUT2D eigenvalue weighted by Crippen LogP contribution is 2.29. The summed E-state index contributed by atoms with van der Waals surface area (Å²) in [5.41, 5.74) is 2.23. The van der Waals surface area contributed by atoms with Crippen molar-refractivity contribution in [2.75, 3.05) is 19.6 Å². The van der Waals surface area contributed by atoms with E-state index in [9.17, 15) is 9.59 Å². The Morgan fingerprint density at radius 2 is 1.71 bits per heavy atom. The SMILES string of the molecule is CC1c2cccn2CCN1C(=O)C1CCN(C(=O)/C=C/c2ccccc2)CC1. The Kier molecular flexibility index (Phi) is 5.33. The summed E-state index contributed by atoms with van der Waals surface area (Å²) in [6, 6.07) is 14.1. The first-order valence-corrected chi connectivity index (χ1v) is 10.1. The zero-order chi connectivity index (χ0) is 19.5. The molecule has 1 atom stereocenters. The van der Waals surface area contributed by atoms with Crippen LogP contribution in [-0.4, -0.2) is 45.8 Å². The third kappa shape index (κ3) is 3.75. The lowest BCUT2D eigenvalue weighted by Crippen LogP contribution is -2.47. The van der Waals surface area contributed by atoms with Gasteiger partial charge in [0.2, 0.25) is 11.8 Å². The fraction of sp³-hybridized carbons (Fsp3) is 0.391. The molecule has 2 aliphatic heterocycles. The van der Waals surface area contributed by atoms with Crippen LogP contribution in [0.5, 0.6) is 0 Å². The molecule has 3 heterocycles. The number of amides is 2. The summed E-state index contributed by atoms with van der Waals surface area (Å²) in [6.45, 7) is 5.02. The second kappa shape index (κ2) is 8.05. The number of likely N-dealkylation sites (tertiary alicyclic amines) is 1. The second-order valence-electron chi connectivity index (χ2n) is 7.68. The summed E-state index contributed by atoms with van der Waals surface area (Å²) in [5, 5.41) is 0. The first-order valence-electron chi connectivity index (χ1n) is 10.1. The molecule has 1 fully saturated rings. The first-order chi connectivity index (χ1) is 13.6. The van der Waals surface area contributed by atoms with E-state index < -0.39 is 0 Å². The maximum Gasteiger partial charge on any atom is 0.246 e. The number of carbonyl (C=O) groups is 2. The Morgan fingerprint density at radius 3 is 2.46 bits per heavy atom. The first kappa shape index (κ1) is 18.5. The van der Waals surface area contributed by atoms with E-state index in [0.29, 0.717) is 13.1 Å². The summed E-state index contributed by atoms with van der Waals surface area (Å²) in [7, 11) is 0. The molecule has 0 bridgehead atoms. The molecular formula is C23H27N3O2. The number of nitrogens with zero attached hydrogens (tertiary/aromatic N) is 3. The van der Waals surface area contributed by atoms with Gasteiger partial charge in [0.25, 0.3) is 0 Å². The van der Waals surface area contributed by atoms with Gasteiger partial charge >= 0.3 is 0 Å². The number of benzene rings is 1. The van der Waals surface area contributed by atoms with Crippen LogP contribution in [0.15, 0.2) is 54.7 Å². The van der Waals surface area contributed by atoms with Crippen LogP contribution in [0.25, 0.3) is 6.08 Å². The molecule has 5 heteroatoms. The predicted molar refractivity (Wildman–Crippen MR) is 109 cm³/mol. The smallest absolute Gasteiger partial charge is 0.246 e. The predicted octanol–water partition coefficient (Wildman–Crippen LogP) is 3.34. The van der Waals surface area contributed by atoms with Gasteiger partial charge in [-0.05, 0) is 43.5 Å². The summed E-state index contributed by atoms with van der Waals surface area (Å²) in [4.78, 5) is 29.4. The van der Waals surface area contributed by atoms with E-state index in [-0.39, 0.29) is 23.8 Å². The van der Waals surface area contributed by atoms with Crippen LogP contribution in [0, 0.1) is 5.92 Å². The van der Waals surface area contributed by atoms with E-state index in [4.69, 9.17) is 0 Å². The number of fused-ring (bicyclic) bond motifs is 1. The molecule has 0 radical (unpaired) electrons. The van der Waals surface area contributed by atoms with Crippen molar-refractivity contribution < 1.29 is 9.59 Å². The van der Waals surface area contributed by atoms with Gasteiger partial charge in [-0.3, -0.25) is 9.59 Å². The van der Waals surface area contributed by atoms with Crippen LogP contribution >= 0.6 is 0 Å². The van der Waals surface area contributed by atoms with Gasteiger partial charge < -0.3 is 14.4 Å². The highest BCUT2D eigenvalue weighted by Gasteiger charge is 2.34. The standard InChI is InChI=1S/C23H27N3O2/c1-18-21-8-5-13-24(21)16-17-26(18)23(28)20-11-14-25(15-12-20)22(27)10-9-19-6-3-2-4-7-19/h2-10,13,18,20H,11-12,14-17H2,1H3/b10-9+. The molecule has 0 N–H and O–H groups in total. The van der Waals surface area contributed by atoms with Crippen molar-refractivity contribution in [3.05, 3.63) is 66.0 Å². The largest absolute Gasteiger partial charge is 0.348 e. The molecule has 0 spiro atoms. The summed E-state index contributed by atoms with van der Waals surface area (Å²) < 4.78 is 2.23. The summed E-state index contributed by atoms with van der Waals surface area (Å²) in [5.74, 6) is 0.289. The molecule has 1 aromatic heterocycles. The van der Waals surface area contributed by atoms with E-state index in [2.05, 4.69) is 23.8 Å². The second-order valence-corrected chi connectivity index (χ2v) is 7.68. The fourth-order valence-corrected chi connectivity index (χ4v) is 4.30. The van der Waals surface area contributed by atoms with Gasteiger partial charge in [0, 0.05) is 50.1 Å². The van der Waals surface area contributed by atoms with Crippen molar-refractivity contribution in [1.29, 1.82) is 0 Å². The van der Waals surface area contributed by atoms with E-state index >= 15 is 0 Å². The molecule has 1 unspecified atom stereocenters. The maximum absolute atomic E-state index is 13.1. The Morgan fingerprint density at radius 1 is 0.964 bits per heavy atom. The van der Waals surface area contributed by atoms with Crippen molar-refractivity contribution in [2.24, 2.45) is 5.92 Å². The lowest BCUT2D eigenvalue weighted by atomic mass is 9.94. The zero-order valence-corrected chi connectivity index (χ0v) is 16.3. The normalized spacial score (nSPS) is 20.4. The third-order valence-electron chi connectivity index (χ3n) is 6.00. The van der Waals surface area contributed by atoms with Crippen molar-refractivity contribution in [1.82, 2.24) is 14.4 Å². The van der Waals surface area contributed by atoms with Crippen LogP contribution in [0.2, 0.25) is 0 Å². The zero-order valence-electron chi connectivity index (χ0n) is 16.3. The Bertz CT molecular complexity index is 863. The monoisotopic (exact) mass is 377 g/mol. The van der Waals surface area contributed by atoms with Gasteiger partial charge in [-0.1, -0.05) is 30.3 Å². The molecule has 2 amide bonds. The summed E-state index contributed by atoms with van der Waals surface area (Å²) >= 11 is 0. The lowest BCUT2D eigenvalue weighted by Gasteiger charge is -2.39. The van der Waals surface area contributed by atoms with Gasteiger partial charge in [-0.15, -0.1) is 0 Å². The molecule has 1 aromatic carbocycles. The topological polar surface area (TPSA) is 45.6 Å². The van der Waals surface area contributed by atoms with Gasteiger partial charge in [-0.2, -0.15) is 0 Å². The molecule has 4 rings (SSSR count). The van der Waals surface area contributed by atoms with Crippen LogP contribution in [-0.2, 0) is 16.1 Å². The Balaban J connectivity index is 1.32. The quantitative estimate of drug-likeness (QED) is 0.770. The van der Waals surface area contributed by atoms with Gasteiger partial charge in [0.15, 0.2) is 0 Å².